The number of para-hydroxylation sites is 1. The van der Waals surface area contributed by atoms with Crippen LogP contribution in [0.4, 0.5) is 5.69 Å². The quantitative estimate of drug-likeness (QED) is 0.317. The summed E-state index contributed by atoms with van der Waals surface area (Å²) in [6, 6.07) is 3.73. The summed E-state index contributed by atoms with van der Waals surface area (Å²) in [6.07, 6.45) is 2.72. The van der Waals surface area contributed by atoms with Gasteiger partial charge in [0.15, 0.2) is 4.90 Å². The van der Waals surface area contributed by atoms with E-state index in [2.05, 4.69) is 0 Å². The lowest BCUT2D eigenvalue weighted by Crippen LogP contribution is -2.59. The zero-order chi connectivity index (χ0) is 21.6. The predicted octanol–water partition coefficient (Wildman–Crippen LogP) is 2.34. The van der Waals surface area contributed by atoms with Gasteiger partial charge < -0.3 is 4.74 Å². The third kappa shape index (κ3) is 3.13. The number of nitrogens with zero attached hydrogens (tertiary/aromatic N) is 2. The van der Waals surface area contributed by atoms with Gasteiger partial charge in [-0.3, -0.25) is 19.7 Å². The molecule has 3 rings (SSSR count). The molecule has 0 saturated heterocycles. The molecule has 10 heteroatoms. The average molecular weight is 420 g/mol. The summed E-state index contributed by atoms with van der Waals surface area (Å²) in [7, 11) is -3.42. The number of carbonyl (C=O) groups excluding carboxylic acids is 2. The molecule has 0 saturated carbocycles. The summed E-state index contributed by atoms with van der Waals surface area (Å²) in [6.45, 7) is 3.64. The van der Waals surface area contributed by atoms with Crippen LogP contribution in [0.25, 0.3) is 0 Å². The van der Waals surface area contributed by atoms with Gasteiger partial charge in [0.2, 0.25) is 0 Å². The molecule has 0 radical (unpaired) electrons. The normalized spacial score (nSPS) is 24.3. The highest BCUT2D eigenvalue weighted by atomic mass is 32.2. The predicted molar refractivity (Wildman–Crippen MR) is 102 cm³/mol. The Morgan fingerprint density at radius 3 is 2.55 bits per heavy atom. The third-order valence-corrected chi connectivity index (χ3v) is 7.42. The molecule has 29 heavy (non-hydrogen) atoms. The van der Waals surface area contributed by atoms with Crippen LogP contribution in [0, 0.1) is 15.5 Å². The molecule has 1 aliphatic carbocycles. The molecule has 0 spiro atoms. The lowest BCUT2D eigenvalue weighted by molar-refractivity contribution is -0.387. The number of nitro benzene ring substituents is 1. The van der Waals surface area contributed by atoms with E-state index in [1.54, 1.807) is 6.92 Å². The molecule has 0 bridgehead atoms. The SMILES string of the molecule is COC(=O)[C@@]12C=CC(=O)N(S(=O)(=O)c3ccccc3[N+](=O)[O-])[C@@H]1CC(C)=C(C)C2. The molecular weight excluding hydrogens is 400 g/mol. The van der Waals surface area contributed by atoms with E-state index in [9.17, 15) is 28.1 Å². The number of benzene rings is 1. The molecule has 2 aliphatic rings. The minimum absolute atomic E-state index is 0.122. The molecule has 1 aromatic rings. The number of hydrogen-bond donors (Lipinski definition) is 0. The van der Waals surface area contributed by atoms with Gasteiger partial charge in [-0.15, -0.1) is 0 Å². The number of amides is 1. The van der Waals surface area contributed by atoms with E-state index in [0.717, 1.165) is 29.4 Å². The van der Waals surface area contributed by atoms with Crippen LogP contribution < -0.4 is 0 Å². The number of allylic oxidation sites excluding steroid dienone is 1. The van der Waals surface area contributed by atoms with E-state index >= 15 is 0 Å². The smallest absolute Gasteiger partial charge is 0.318 e. The number of rotatable bonds is 4. The monoisotopic (exact) mass is 420 g/mol. The van der Waals surface area contributed by atoms with Crippen LogP contribution >= 0.6 is 0 Å². The Balaban J connectivity index is 2.24. The first-order valence-electron chi connectivity index (χ1n) is 8.81. The Labute approximate surface area is 167 Å². The Hall–Kier alpha value is -3.01. The zero-order valence-electron chi connectivity index (χ0n) is 16.1. The average Bonchev–Trinajstić information content (AvgIpc) is 2.68. The Bertz CT molecular complexity index is 1070. The minimum Gasteiger partial charge on any atom is -0.468 e. The molecule has 0 N–H and O–H groups in total. The van der Waals surface area contributed by atoms with Crippen molar-refractivity contribution in [3.05, 3.63) is 57.7 Å². The first kappa shape index (κ1) is 20.7. The first-order valence-corrected chi connectivity index (χ1v) is 10.2. The van der Waals surface area contributed by atoms with E-state index in [0.29, 0.717) is 4.31 Å². The van der Waals surface area contributed by atoms with Gasteiger partial charge >= 0.3 is 5.97 Å². The van der Waals surface area contributed by atoms with Crippen molar-refractivity contribution in [3.8, 4) is 0 Å². The second kappa shape index (κ2) is 7.11. The number of methoxy groups -OCH3 is 1. The Morgan fingerprint density at radius 1 is 1.28 bits per heavy atom. The summed E-state index contributed by atoms with van der Waals surface area (Å²) in [5.41, 5.74) is -0.282. The van der Waals surface area contributed by atoms with Gasteiger partial charge in [0.25, 0.3) is 21.6 Å². The van der Waals surface area contributed by atoms with Crippen molar-refractivity contribution in [2.75, 3.05) is 7.11 Å². The van der Waals surface area contributed by atoms with Gasteiger partial charge in [0, 0.05) is 12.1 Å². The fourth-order valence-corrected chi connectivity index (χ4v) is 5.71. The molecule has 2 atom stereocenters. The minimum atomic E-state index is -4.62. The maximum Gasteiger partial charge on any atom is 0.318 e. The van der Waals surface area contributed by atoms with Gasteiger partial charge in [-0.2, -0.15) is 0 Å². The molecule has 154 valence electrons. The van der Waals surface area contributed by atoms with Gasteiger partial charge in [0.05, 0.1) is 18.1 Å². The van der Waals surface area contributed by atoms with Gasteiger partial charge in [0.1, 0.15) is 5.41 Å². The van der Waals surface area contributed by atoms with Crippen molar-refractivity contribution < 1.29 is 27.7 Å². The van der Waals surface area contributed by atoms with E-state index < -0.39 is 48.9 Å². The number of esters is 1. The molecule has 0 aromatic heterocycles. The molecule has 1 amide bonds. The van der Waals surface area contributed by atoms with Crippen molar-refractivity contribution in [2.45, 2.75) is 37.6 Å². The topological polar surface area (TPSA) is 124 Å². The van der Waals surface area contributed by atoms with Crippen molar-refractivity contribution >= 4 is 27.6 Å². The van der Waals surface area contributed by atoms with Crippen molar-refractivity contribution in [1.29, 1.82) is 0 Å². The summed E-state index contributed by atoms with van der Waals surface area (Å²) in [4.78, 5) is 35.4. The van der Waals surface area contributed by atoms with Crippen LogP contribution in [0.15, 0.2) is 52.5 Å². The lowest BCUT2D eigenvalue weighted by Gasteiger charge is -2.47. The van der Waals surface area contributed by atoms with Gasteiger partial charge in [-0.25, -0.2) is 12.7 Å². The van der Waals surface area contributed by atoms with Crippen molar-refractivity contribution in [2.24, 2.45) is 5.41 Å². The van der Waals surface area contributed by atoms with Crippen LogP contribution in [0.1, 0.15) is 26.7 Å². The van der Waals surface area contributed by atoms with Gasteiger partial charge in [-0.05, 0) is 32.8 Å². The molecular formula is C19H20N2O7S. The molecule has 9 nitrogen and oxygen atoms in total. The number of sulfonamides is 1. The maximum atomic E-state index is 13.4. The van der Waals surface area contributed by atoms with E-state index in [-0.39, 0.29) is 12.8 Å². The van der Waals surface area contributed by atoms with E-state index in [1.807, 2.05) is 6.92 Å². The van der Waals surface area contributed by atoms with Crippen LogP contribution in [0.2, 0.25) is 0 Å². The van der Waals surface area contributed by atoms with Crippen LogP contribution in [-0.4, -0.2) is 42.7 Å². The fourth-order valence-electron chi connectivity index (χ4n) is 3.95. The Morgan fingerprint density at radius 2 is 1.93 bits per heavy atom. The number of ether oxygens (including phenoxy) is 1. The molecule has 1 heterocycles. The van der Waals surface area contributed by atoms with E-state index in [4.69, 9.17) is 4.74 Å². The highest BCUT2D eigenvalue weighted by Crippen LogP contribution is 2.48. The lowest BCUT2D eigenvalue weighted by atomic mass is 9.67. The number of fused-ring (bicyclic) bond motifs is 1. The Kier molecular flexibility index (Phi) is 5.08. The largest absolute Gasteiger partial charge is 0.468 e. The summed E-state index contributed by atoms with van der Waals surface area (Å²) >= 11 is 0. The first-order chi connectivity index (χ1) is 13.6. The number of hydrogen-bond acceptors (Lipinski definition) is 7. The fraction of sp³-hybridized carbons (Fsp3) is 0.368. The van der Waals surface area contributed by atoms with Crippen molar-refractivity contribution in [3.63, 3.8) is 0 Å². The van der Waals surface area contributed by atoms with E-state index in [1.165, 1.54) is 25.3 Å². The summed E-state index contributed by atoms with van der Waals surface area (Å²) in [5.74, 6) is -1.53. The van der Waals surface area contributed by atoms with Crippen LogP contribution in [-0.2, 0) is 24.3 Å². The molecule has 0 fully saturated rings. The second-order valence-electron chi connectivity index (χ2n) is 7.19. The highest BCUT2D eigenvalue weighted by molar-refractivity contribution is 7.89. The number of carbonyl (C=O) groups is 2. The van der Waals surface area contributed by atoms with Crippen LogP contribution in [0.3, 0.4) is 0 Å². The molecule has 1 aliphatic heterocycles. The third-order valence-electron chi connectivity index (χ3n) is 5.57. The highest BCUT2D eigenvalue weighted by Gasteiger charge is 2.56. The molecule has 0 unspecified atom stereocenters. The number of nitro groups is 1. The van der Waals surface area contributed by atoms with Crippen LogP contribution in [0.5, 0.6) is 0 Å². The summed E-state index contributed by atoms with van der Waals surface area (Å²) in [5, 5.41) is 11.4. The summed E-state index contributed by atoms with van der Waals surface area (Å²) < 4.78 is 32.4. The van der Waals surface area contributed by atoms with Gasteiger partial charge in [-0.1, -0.05) is 29.4 Å². The second-order valence-corrected chi connectivity index (χ2v) is 8.97. The molecule has 1 aromatic carbocycles. The van der Waals surface area contributed by atoms with Crippen molar-refractivity contribution in [1.82, 2.24) is 4.31 Å². The standard InChI is InChI=1S/C19H20N2O7S/c1-12-10-16-19(11-13(12)2,18(23)28-3)9-8-17(22)20(16)29(26,27)15-7-5-4-6-14(15)21(24)25/h4-9,16H,10-11H2,1-3H3/t16-,19-/m1/s1. The zero-order valence-corrected chi connectivity index (χ0v) is 16.9. The maximum absolute atomic E-state index is 13.4.